The maximum Gasteiger partial charge on any atom is 0.141 e. The Bertz CT molecular complexity index is 412. The number of aromatic nitrogens is 1. The topological polar surface area (TPSA) is 39.6 Å². The van der Waals surface area contributed by atoms with Crippen molar-refractivity contribution >= 4 is 0 Å². The van der Waals surface area contributed by atoms with Gasteiger partial charge in [0.1, 0.15) is 5.82 Å². The number of rotatable bonds is 4. The van der Waals surface area contributed by atoms with Crippen molar-refractivity contribution in [2.75, 3.05) is 33.2 Å². The summed E-state index contributed by atoms with van der Waals surface area (Å²) in [5.41, 5.74) is 0.547. The fourth-order valence-electron chi connectivity index (χ4n) is 2.77. The summed E-state index contributed by atoms with van der Waals surface area (Å²) in [6.07, 6.45) is 2.32. The largest absolute Gasteiger partial charge is 0.387 e. The van der Waals surface area contributed by atoms with E-state index < -0.39 is 6.10 Å². The molecule has 0 spiro atoms. The maximum absolute atomic E-state index is 12.8. The fraction of sp³-hybridized carbons (Fsp3) is 0.667. The van der Waals surface area contributed by atoms with Gasteiger partial charge in [-0.25, -0.2) is 4.39 Å². The van der Waals surface area contributed by atoms with Gasteiger partial charge in [0, 0.05) is 19.1 Å². The number of halogens is 1. The smallest absolute Gasteiger partial charge is 0.141 e. The summed E-state index contributed by atoms with van der Waals surface area (Å²) in [5, 5.41) is 10.1. The molecule has 1 aliphatic rings. The first kappa shape index (κ1) is 15.4. The van der Waals surface area contributed by atoms with E-state index in [2.05, 4.69) is 28.8 Å². The van der Waals surface area contributed by atoms with Gasteiger partial charge in [-0.15, -0.1) is 0 Å². The highest BCUT2D eigenvalue weighted by Gasteiger charge is 2.20. The van der Waals surface area contributed by atoms with Crippen molar-refractivity contribution < 1.29 is 9.50 Å². The van der Waals surface area contributed by atoms with Crippen LogP contribution in [0.4, 0.5) is 4.39 Å². The average molecular weight is 281 g/mol. The predicted molar refractivity (Wildman–Crippen MR) is 76.9 cm³/mol. The zero-order valence-electron chi connectivity index (χ0n) is 12.3. The third kappa shape index (κ3) is 4.23. The summed E-state index contributed by atoms with van der Waals surface area (Å²) < 4.78 is 12.8. The second-order valence-electron chi connectivity index (χ2n) is 5.71. The average Bonchev–Trinajstić information content (AvgIpc) is 2.57. The molecule has 0 bridgehead atoms. The Labute approximate surface area is 120 Å². The molecule has 0 amide bonds. The summed E-state index contributed by atoms with van der Waals surface area (Å²) in [5.74, 6) is -0.370. The van der Waals surface area contributed by atoms with E-state index in [9.17, 15) is 9.50 Å². The minimum atomic E-state index is -0.621. The lowest BCUT2D eigenvalue weighted by molar-refractivity contribution is 0.124. The SMILES string of the molecule is CC1CN(C)CCCN1CCC(O)c1ccc(F)cn1. The molecule has 2 rings (SSSR count). The number of pyridine rings is 1. The number of likely N-dealkylation sites (N-methyl/N-ethyl adjacent to an activating group) is 1. The van der Waals surface area contributed by atoms with Crippen molar-refractivity contribution in [3.05, 3.63) is 29.8 Å². The highest BCUT2D eigenvalue weighted by Crippen LogP contribution is 2.17. The van der Waals surface area contributed by atoms with E-state index in [0.717, 1.165) is 38.8 Å². The maximum atomic E-state index is 12.8. The number of hydrogen-bond acceptors (Lipinski definition) is 4. The van der Waals surface area contributed by atoms with Crippen LogP contribution in [0.25, 0.3) is 0 Å². The summed E-state index contributed by atoms with van der Waals surface area (Å²) in [7, 11) is 2.15. The van der Waals surface area contributed by atoms with Gasteiger partial charge >= 0.3 is 0 Å². The molecule has 0 aromatic carbocycles. The van der Waals surface area contributed by atoms with E-state index >= 15 is 0 Å². The van der Waals surface area contributed by atoms with Gasteiger partial charge in [-0.3, -0.25) is 9.88 Å². The molecule has 4 nitrogen and oxygen atoms in total. The van der Waals surface area contributed by atoms with Gasteiger partial charge in [0.15, 0.2) is 0 Å². The van der Waals surface area contributed by atoms with Crippen LogP contribution in [0.5, 0.6) is 0 Å². The number of aliphatic hydroxyl groups is 1. The molecule has 1 aromatic rings. The molecule has 1 aliphatic heterocycles. The standard InChI is InChI=1S/C15H24FN3O/c1-12-11-18(2)7-3-8-19(12)9-6-15(20)14-5-4-13(16)10-17-14/h4-5,10,12,15,20H,3,6-9,11H2,1-2H3. The summed E-state index contributed by atoms with van der Waals surface area (Å²) in [4.78, 5) is 8.70. The van der Waals surface area contributed by atoms with Crippen molar-refractivity contribution in [3.8, 4) is 0 Å². The van der Waals surface area contributed by atoms with Gasteiger partial charge in [-0.1, -0.05) is 0 Å². The lowest BCUT2D eigenvalue weighted by Crippen LogP contribution is -2.38. The fourth-order valence-corrected chi connectivity index (χ4v) is 2.77. The molecule has 112 valence electrons. The van der Waals surface area contributed by atoms with Crippen molar-refractivity contribution in [1.29, 1.82) is 0 Å². The molecule has 1 aromatic heterocycles. The van der Waals surface area contributed by atoms with Crippen LogP contribution in [0.15, 0.2) is 18.3 Å². The van der Waals surface area contributed by atoms with E-state index in [0.29, 0.717) is 18.2 Å². The van der Waals surface area contributed by atoms with Crippen LogP contribution >= 0.6 is 0 Å². The molecule has 2 unspecified atom stereocenters. The molecule has 0 radical (unpaired) electrons. The van der Waals surface area contributed by atoms with Crippen LogP contribution in [0.3, 0.4) is 0 Å². The van der Waals surface area contributed by atoms with E-state index in [1.165, 1.54) is 6.07 Å². The summed E-state index contributed by atoms with van der Waals surface area (Å²) in [6.45, 7) is 6.32. The quantitative estimate of drug-likeness (QED) is 0.911. The minimum Gasteiger partial charge on any atom is -0.387 e. The first-order valence-corrected chi connectivity index (χ1v) is 7.28. The third-order valence-electron chi connectivity index (χ3n) is 3.97. The van der Waals surface area contributed by atoms with Gasteiger partial charge in [-0.05, 0) is 52.0 Å². The molecule has 1 saturated heterocycles. The molecule has 0 saturated carbocycles. The molecule has 20 heavy (non-hydrogen) atoms. The molecule has 1 fully saturated rings. The lowest BCUT2D eigenvalue weighted by Gasteiger charge is -2.28. The molecule has 2 atom stereocenters. The predicted octanol–water partition coefficient (Wildman–Crippen LogP) is 1.67. The first-order chi connectivity index (χ1) is 9.56. The Morgan fingerprint density at radius 1 is 1.45 bits per heavy atom. The van der Waals surface area contributed by atoms with Crippen molar-refractivity contribution in [3.63, 3.8) is 0 Å². The van der Waals surface area contributed by atoms with Crippen LogP contribution in [0, 0.1) is 5.82 Å². The Morgan fingerprint density at radius 2 is 2.25 bits per heavy atom. The van der Waals surface area contributed by atoms with Gasteiger partial charge in [0.2, 0.25) is 0 Å². The van der Waals surface area contributed by atoms with Crippen LogP contribution < -0.4 is 0 Å². The molecule has 1 N–H and O–H groups in total. The Hall–Kier alpha value is -1.04. The zero-order valence-corrected chi connectivity index (χ0v) is 12.3. The second kappa shape index (κ2) is 7.11. The minimum absolute atomic E-state index is 0.370. The van der Waals surface area contributed by atoms with Crippen molar-refractivity contribution in [2.24, 2.45) is 0 Å². The van der Waals surface area contributed by atoms with Gasteiger partial charge in [0.05, 0.1) is 18.0 Å². The monoisotopic (exact) mass is 281 g/mol. The van der Waals surface area contributed by atoms with E-state index in [1.54, 1.807) is 6.07 Å². The van der Waals surface area contributed by atoms with Crippen molar-refractivity contribution in [1.82, 2.24) is 14.8 Å². The van der Waals surface area contributed by atoms with E-state index in [4.69, 9.17) is 0 Å². The van der Waals surface area contributed by atoms with Crippen molar-refractivity contribution in [2.45, 2.75) is 31.9 Å². The van der Waals surface area contributed by atoms with Crippen LogP contribution in [-0.4, -0.2) is 59.2 Å². The highest BCUT2D eigenvalue weighted by atomic mass is 19.1. The number of aliphatic hydroxyl groups excluding tert-OH is 1. The number of nitrogens with zero attached hydrogens (tertiary/aromatic N) is 3. The Kier molecular flexibility index (Phi) is 5.46. The molecular weight excluding hydrogens is 257 g/mol. The molecule has 0 aliphatic carbocycles. The summed E-state index contributed by atoms with van der Waals surface area (Å²) >= 11 is 0. The normalized spacial score (nSPS) is 23.5. The Balaban J connectivity index is 1.86. The summed E-state index contributed by atoms with van der Waals surface area (Å²) in [6, 6.07) is 3.39. The number of hydrogen-bond donors (Lipinski definition) is 1. The van der Waals surface area contributed by atoms with Crippen LogP contribution in [-0.2, 0) is 0 Å². The molecular formula is C15H24FN3O. The highest BCUT2D eigenvalue weighted by molar-refractivity contribution is 5.08. The van der Waals surface area contributed by atoms with E-state index in [-0.39, 0.29) is 5.82 Å². The lowest BCUT2D eigenvalue weighted by atomic mass is 10.1. The first-order valence-electron chi connectivity index (χ1n) is 7.28. The van der Waals surface area contributed by atoms with Crippen LogP contribution in [0.2, 0.25) is 0 Å². The van der Waals surface area contributed by atoms with Gasteiger partial charge in [-0.2, -0.15) is 0 Å². The second-order valence-corrected chi connectivity index (χ2v) is 5.71. The zero-order chi connectivity index (χ0) is 14.5. The third-order valence-corrected chi connectivity index (χ3v) is 3.97. The van der Waals surface area contributed by atoms with Gasteiger partial charge < -0.3 is 10.0 Å². The van der Waals surface area contributed by atoms with E-state index in [1.807, 2.05) is 0 Å². The van der Waals surface area contributed by atoms with Gasteiger partial charge in [0.25, 0.3) is 0 Å². The Morgan fingerprint density at radius 3 is 2.95 bits per heavy atom. The van der Waals surface area contributed by atoms with Crippen LogP contribution in [0.1, 0.15) is 31.6 Å². The molecule has 2 heterocycles. The molecule has 5 heteroatoms.